The normalized spacial score (nSPS) is 17.9. The molecule has 1 unspecified atom stereocenters. The van der Waals surface area contributed by atoms with Gasteiger partial charge in [0, 0.05) is 31.0 Å². The Balaban J connectivity index is 1.60. The van der Waals surface area contributed by atoms with E-state index in [0.717, 1.165) is 17.3 Å². The molecule has 5 nitrogen and oxygen atoms in total. The minimum absolute atomic E-state index is 0.000705. The average molecular weight is 300 g/mol. The Morgan fingerprint density at radius 1 is 1.32 bits per heavy atom. The van der Waals surface area contributed by atoms with Gasteiger partial charge in [0.25, 0.3) is 0 Å². The van der Waals surface area contributed by atoms with Crippen LogP contribution in [-0.4, -0.2) is 48.2 Å². The van der Waals surface area contributed by atoms with Crippen LogP contribution in [-0.2, 0) is 9.53 Å². The summed E-state index contributed by atoms with van der Waals surface area (Å²) in [5, 5.41) is 1.09. The summed E-state index contributed by atoms with van der Waals surface area (Å²) in [7, 11) is 0. The average Bonchev–Trinajstić information content (AvgIpc) is 3.01. The van der Waals surface area contributed by atoms with Crippen molar-refractivity contribution in [1.29, 1.82) is 0 Å². The van der Waals surface area contributed by atoms with Gasteiger partial charge in [-0.05, 0) is 19.1 Å². The van der Waals surface area contributed by atoms with Crippen LogP contribution in [0.25, 0.3) is 10.9 Å². The van der Waals surface area contributed by atoms with Crippen LogP contribution in [0.15, 0.2) is 36.4 Å². The number of rotatable bonds is 5. The fourth-order valence-electron chi connectivity index (χ4n) is 2.62. The highest BCUT2D eigenvalue weighted by Crippen LogP contribution is 2.20. The van der Waals surface area contributed by atoms with Crippen LogP contribution in [0.5, 0.6) is 5.88 Å². The van der Waals surface area contributed by atoms with E-state index in [1.807, 2.05) is 43.3 Å². The molecule has 0 radical (unpaired) electrons. The maximum atomic E-state index is 11.9. The van der Waals surface area contributed by atoms with Gasteiger partial charge in [-0.15, -0.1) is 0 Å². The molecule has 1 aromatic heterocycles. The number of pyridine rings is 1. The second kappa shape index (κ2) is 6.75. The van der Waals surface area contributed by atoms with E-state index >= 15 is 0 Å². The second-order valence-corrected chi connectivity index (χ2v) is 5.35. The van der Waals surface area contributed by atoms with Crippen molar-refractivity contribution in [2.24, 2.45) is 0 Å². The third-order valence-electron chi connectivity index (χ3n) is 3.79. The number of amides is 1. The van der Waals surface area contributed by atoms with Gasteiger partial charge in [0.15, 0.2) is 0 Å². The molecule has 1 saturated heterocycles. The second-order valence-electron chi connectivity index (χ2n) is 5.35. The highest BCUT2D eigenvalue weighted by molar-refractivity contribution is 5.79. The number of carbonyl (C=O) groups excluding carboxylic acids is 1. The van der Waals surface area contributed by atoms with E-state index in [-0.39, 0.29) is 18.6 Å². The molecular formula is C17H20N2O3. The highest BCUT2D eigenvalue weighted by Gasteiger charge is 2.27. The van der Waals surface area contributed by atoms with E-state index in [1.54, 1.807) is 4.90 Å². The van der Waals surface area contributed by atoms with Gasteiger partial charge in [-0.3, -0.25) is 4.79 Å². The number of ether oxygens (including phenoxy) is 2. The lowest BCUT2D eigenvalue weighted by Gasteiger charge is -2.17. The standard InChI is InChI=1S/C17H20N2O3/c1-2-21-12-17(20)19-10-9-14(11-19)22-16-8-7-13-5-3-4-6-15(13)18-16/h3-8,14H,2,9-12H2,1H3. The van der Waals surface area contributed by atoms with Gasteiger partial charge in [-0.25, -0.2) is 4.98 Å². The van der Waals surface area contributed by atoms with Crippen LogP contribution in [0.1, 0.15) is 13.3 Å². The number of carbonyl (C=O) groups is 1. The zero-order chi connectivity index (χ0) is 15.4. The van der Waals surface area contributed by atoms with Gasteiger partial charge < -0.3 is 14.4 Å². The van der Waals surface area contributed by atoms with Crippen LogP contribution in [0.4, 0.5) is 0 Å². The molecule has 1 aliphatic heterocycles. The van der Waals surface area contributed by atoms with Crippen molar-refractivity contribution in [2.75, 3.05) is 26.3 Å². The minimum atomic E-state index is -0.000705. The van der Waals surface area contributed by atoms with Gasteiger partial charge in [0.2, 0.25) is 11.8 Å². The van der Waals surface area contributed by atoms with Crippen LogP contribution < -0.4 is 4.74 Å². The molecule has 1 atom stereocenters. The number of para-hydroxylation sites is 1. The predicted molar refractivity (Wildman–Crippen MR) is 83.8 cm³/mol. The zero-order valence-electron chi connectivity index (χ0n) is 12.7. The van der Waals surface area contributed by atoms with Gasteiger partial charge in [0.05, 0.1) is 12.1 Å². The van der Waals surface area contributed by atoms with E-state index < -0.39 is 0 Å². The van der Waals surface area contributed by atoms with E-state index in [0.29, 0.717) is 25.6 Å². The third kappa shape index (κ3) is 3.36. The Bertz CT molecular complexity index is 659. The summed E-state index contributed by atoms with van der Waals surface area (Å²) < 4.78 is 11.1. The van der Waals surface area contributed by atoms with E-state index in [1.165, 1.54) is 0 Å². The first kappa shape index (κ1) is 14.8. The van der Waals surface area contributed by atoms with E-state index in [4.69, 9.17) is 9.47 Å². The number of hydrogen-bond acceptors (Lipinski definition) is 4. The molecule has 22 heavy (non-hydrogen) atoms. The maximum absolute atomic E-state index is 11.9. The molecule has 3 rings (SSSR count). The molecular weight excluding hydrogens is 280 g/mol. The first-order valence-electron chi connectivity index (χ1n) is 7.64. The van der Waals surface area contributed by atoms with Crippen molar-refractivity contribution >= 4 is 16.8 Å². The number of likely N-dealkylation sites (tertiary alicyclic amines) is 1. The zero-order valence-corrected chi connectivity index (χ0v) is 12.7. The lowest BCUT2D eigenvalue weighted by Crippen LogP contribution is -2.33. The van der Waals surface area contributed by atoms with E-state index in [2.05, 4.69) is 4.98 Å². The molecule has 0 bridgehead atoms. The van der Waals surface area contributed by atoms with Crippen LogP contribution in [0, 0.1) is 0 Å². The van der Waals surface area contributed by atoms with Crippen LogP contribution >= 0.6 is 0 Å². The molecule has 5 heteroatoms. The van der Waals surface area contributed by atoms with Gasteiger partial charge in [-0.1, -0.05) is 18.2 Å². The van der Waals surface area contributed by atoms with Crippen LogP contribution in [0.3, 0.4) is 0 Å². The molecule has 2 aromatic rings. The van der Waals surface area contributed by atoms with Crippen molar-refractivity contribution in [3.8, 4) is 5.88 Å². The summed E-state index contributed by atoms with van der Waals surface area (Å²) >= 11 is 0. The monoisotopic (exact) mass is 300 g/mol. The lowest BCUT2D eigenvalue weighted by atomic mass is 10.2. The Morgan fingerprint density at radius 3 is 3.05 bits per heavy atom. The van der Waals surface area contributed by atoms with Gasteiger partial charge in [0.1, 0.15) is 12.7 Å². The number of hydrogen-bond donors (Lipinski definition) is 0. The molecule has 1 amide bonds. The molecule has 0 aliphatic carbocycles. The molecule has 1 fully saturated rings. The third-order valence-corrected chi connectivity index (χ3v) is 3.79. The van der Waals surface area contributed by atoms with E-state index in [9.17, 15) is 4.79 Å². The molecule has 1 aromatic carbocycles. The number of fused-ring (bicyclic) bond motifs is 1. The Morgan fingerprint density at radius 2 is 2.18 bits per heavy atom. The van der Waals surface area contributed by atoms with Gasteiger partial charge in [-0.2, -0.15) is 0 Å². The summed E-state index contributed by atoms with van der Waals surface area (Å²) in [6, 6.07) is 11.8. The SMILES string of the molecule is CCOCC(=O)N1CCC(Oc2ccc3ccccc3n2)C1. The first-order chi connectivity index (χ1) is 10.8. The molecule has 0 N–H and O–H groups in total. The fraction of sp³-hybridized carbons (Fsp3) is 0.412. The van der Waals surface area contributed by atoms with Gasteiger partial charge >= 0.3 is 0 Å². The molecule has 2 heterocycles. The summed E-state index contributed by atoms with van der Waals surface area (Å²) in [5.41, 5.74) is 0.919. The summed E-state index contributed by atoms with van der Waals surface area (Å²) in [6.07, 6.45) is 0.825. The molecule has 0 saturated carbocycles. The highest BCUT2D eigenvalue weighted by atomic mass is 16.5. The number of benzene rings is 1. The minimum Gasteiger partial charge on any atom is -0.472 e. The molecule has 116 valence electrons. The Hall–Kier alpha value is -2.14. The largest absolute Gasteiger partial charge is 0.472 e. The maximum Gasteiger partial charge on any atom is 0.248 e. The molecule has 1 aliphatic rings. The predicted octanol–water partition coefficient (Wildman–Crippen LogP) is 2.25. The Labute approximate surface area is 129 Å². The number of nitrogens with zero attached hydrogens (tertiary/aromatic N) is 2. The quantitative estimate of drug-likeness (QED) is 0.850. The first-order valence-corrected chi connectivity index (χ1v) is 7.64. The summed E-state index contributed by atoms with van der Waals surface area (Å²) in [5.74, 6) is 0.641. The summed E-state index contributed by atoms with van der Waals surface area (Å²) in [6.45, 7) is 3.90. The fourth-order valence-corrected chi connectivity index (χ4v) is 2.62. The van der Waals surface area contributed by atoms with Crippen molar-refractivity contribution in [3.63, 3.8) is 0 Å². The smallest absolute Gasteiger partial charge is 0.248 e. The topological polar surface area (TPSA) is 51.7 Å². The summed E-state index contributed by atoms with van der Waals surface area (Å²) in [4.78, 5) is 18.2. The van der Waals surface area contributed by atoms with Crippen molar-refractivity contribution in [2.45, 2.75) is 19.4 Å². The molecule has 0 spiro atoms. The lowest BCUT2D eigenvalue weighted by molar-refractivity contribution is -0.135. The van der Waals surface area contributed by atoms with Crippen LogP contribution in [0.2, 0.25) is 0 Å². The van der Waals surface area contributed by atoms with Crippen molar-refractivity contribution < 1.29 is 14.3 Å². The number of aromatic nitrogens is 1. The van der Waals surface area contributed by atoms with Crippen molar-refractivity contribution in [3.05, 3.63) is 36.4 Å². The van der Waals surface area contributed by atoms with Crippen molar-refractivity contribution in [1.82, 2.24) is 9.88 Å². The Kier molecular flexibility index (Phi) is 4.53.